The third kappa shape index (κ3) is 4.45. The van der Waals surface area contributed by atoms with E-state index in [4.69, 9.17) is 0 Å². The van der Waals surface area contributed by atoms with Crippen LogP contribution in [-0.2, 0) is 12.8 Å². The Morgan fingerprint density at radius 1 is 1.17 bits per heavy atom. The lowest BCUT2D eigenvalue weighted by atomic mass is 9.85. The quantitative estimate of drug-likeness (QED) is 0.824. The number of aliphatic hydroxyl groups excluding tert-OH is 1. The van der Waals surface area contributed by atoms with Gasteiger partial charge in [0, 0.05) is 0 Å². The summed E-state index contributed by atoms with van der Waals surface area (Å²) in [6.07, 6.45) is 3.94. The van der Waals surface area contributed by atoms with E-state index in [1.807, 2.05) is 0 Å². The molecule has 0 aliphatic carbocycles. The fourth-order valence-corrected chi connectivity index (χ4v) is 2.21. The molecule has 1 N–H and O–H groups in total. The van der Waals surface area contributed by atoms with Crippen molar-refractivity contribution in [2.24, 2.45) is 5.41 Å². The summed E-state index contributed by atoms with van der Waals surface area (Å²) in [7, 11) is 0. The molecule has 0 aliphatic heterocycles. The van der Waals surface area contributed by atoms with E-state index in [0.29, 0.717) is 0 Å². The van der Waals surface area contributed by atoms with Gasteiger partial charge in [0.05, 0.1) is 6.10 Å². The van der Waals surface area contributed by atoms with Crippen molar-refractivity contribution >= 4 is 0 Å². The minimum absolute atomic E-state index is 0.0178. The maximum absolute atomic E-state index is 10.1. The molecule has 0 spiro atoms. The number of hydrogen-bond acceptors (Lipinski definition) is 1. The van der Waals surface area contributed by atoms with Gasteiger partial charge >= 0.3 is 0 Å². The Hall–Kier alpha value is -0.820. The summed E-state index contributed by atoms with van der Waals surface area (Å²) in [5.41, 5.74) is 4.14. The Kier molecular flexibility index (Phi) is 5.40. The smallest absolute Gasteiger partial charge is 0.0591 e. The van der Waals surface area contributed by atoms with Crippen LogP contribution in [0.3, 0.4) is 0 Å². The van der Waals surface area contributed by atoms with Crippen LogP contribution in [-0.4, -0.2) is 11.2 Å². The molecule has 1 nitrogen and oxygen atoms in total. The van der Waals surface area contributed by atoms with E-state index >= 15 is 0 Å². The van der Waals surface area contributed by atoms with Crippen molar-refractivity contribution in [2.75, 3.05) is 0 Å². The van der Waals surface area contributed by atoms with Crippen LogP contribution < -0.4 is 0 Å². The average molecular weight is 248 g/mol. The largest absolute Gasteiger partial charge is 0.393 e. The number of rotatable bonds is 5. The van der Waals surface area contributed by atoms with Crippen molar-refractivity contribution in [3.05, 3.63) is 34.9 Å². The summed E-state index contributed by atoms with van der Waals surface area (Å²) in [6, 6.07) is 6.76. The van der Waals surface area contributed by atoms with Crippen LogP contribution in [0.25, 0.3) is 0 Å². The zero-order chi connectivity index (χ0) is 13.8. The van der Waals surface area contributed by atoms with Gasteiger partial charge in [-0.3, -0.25) is 0 Å². The van der Waals surface area contributed by atoms with Crippen LogP contribution in [0, 0.1) is 12.3 Å². The fraction of sp³-hybridized carbons (Fsp3) is 0.647. The second-order valence-corrected chi connectivity index (χ2v) is 6.43. The van der Waals surface area contributed by atoms with Crippen molar-refractivity contribution in [1.29, 1.82) is 0 Å². The molecule has 0 bridgehead atoms. The number of aryl methyl sites for hydroxylation is 3. The third-order valence-electron chi connectivity index (χ3n) is 3.63. The molecule has 0 saturated carbocycles. The van der Waals surface area contributed by atoms with E-state index in [2.05, 4.69) is 52.8 Å². The minimum atomic E-state index is -0.229. The number of benzene rings is 1. The maximum atomic E-state index is 10.1. The summed E-state index contributed by atoms with van der Waals surface area (Å²) in [4.78, 5) is 0. The molecule has 102 valence electrons. The van der Waals surface area contributed by atoms with Gasteiger partial charge in [0.15, 0.2) is 0 Å². The van der Waals surface area contributed by atoms with Crippen molar-refractivity contribution in [1.82, 2.24) is 0 Å². The summed E-state index contributed by atoms with van der Waals surface area (Å²) >= 11 is 0. The summed E-state index contributed by atoms with van der Waals surface area (Å²) in [6.45, 7) is 10.7. The van der Waals surface area contributed by atoms with Gasteiger partial charge < -0.3 is 5.11 Å². The zero-order valence-electron chi connectivity index (χ0n) is 12.6. The highest BCUT2D eigenvalue weighted by molar-refractivity contribution is 5.31. The molecular formula is C17H28O. The molecule has 0 aliphatic rings. The lowest BCUT2D eigenvalue weighted by Gasteiger charge is -2.26. The van der Waals surface area contributed by atoms with E-state index in [-0.39, 0.29) is 11.5 Å². The molecule has 0 aromatic heterocycles. The number of aliphatic hydroxyl groups is 1. The monoisotopic (exact) mass is 248 g/mol. The van der Waals surface area contributed by atoms with E-state index in [1.54, 1.807) is 0 Å². The topological polar surface area (TPSA) is 20.2 Å². The first-order valence-corrected chi connectivity index (χ1v) is 7.11. The molecule has 1 atom stereocenters. The average Bonchev–Trinajstić information content (AvgIpc) is 2.26. The van der Waals surface area contributed by atoms with Gasteiger partial charge in [-0.25, -0.2) is 0 Å². The molecule has 1 heteroatoms. The summed E-state index contributed by atoms with van der Waals surface area (Å²) < 4.78 is 0. The van der Waals surface area contributed by atoms with Crippen molar-refractivity contribution in [3.63, 3.8) is 0 Å². The Bertz CT molecular complexity index is 374. The third-order valence-corrected chi connectivity index (χ3v) is 3.63. The lowest BCUT2D eigenvalue weighted by molar-refractivity contribution is 0.0560. The first-order valence-electron chi connectivity index (χ1n) is 7.11. The SMILES string of the molecule is CCCc1ccc(CCC(O)C(C)(C)C)c(C)c1. The predicted molar refractivity (Wildman–Crippen MR) is 79.0 cm³/mol. The zero-order valence-corrected chi connectivity index (χ0v) is 12.6. The Morgan fingerprint density at radius 2 is 1.83 bits per heavy atom. The van der Waals surface area contributed by atoms with E-state index in [9.17, 15) is 5.11 Å². The molecule has 0 saturated heterocycles. The van der Waals surface area contributed by atoms with Gasteiger partial charge in [-0.05, 0) is 48.3 Å². The molecular weight excluding hydrogens is 220 g/mol. The highest BCUT2D eigenvalue weighted by Gasteiger charge is 2.21. The summed E-state index contributed by atoms with van der Waals surface area (Å²) in [5, 5.41) is 10.1. The molecule has 1 aromatic rings. The van der Waals surface area contributed by atoms with Crippen LogP contribution in [0.1, 0.15) is 57.2 Å². The highest BCUT2D eigenvalue weighted by Crippen LogP contribution is 2.24. The predicted octanol–water partition coefficient (Wildman–Crippen LogP) is 4.29. The maximum Gasteiger partial charge on any atom is 0.0591 e. The molecule has 1 unspecified atom stereocenters. The van der Waals surface area contributed by atoms with Gasteiger partial charge in [0.25, 0.3) is 0 Å². The molecule has 0 amide bonds. The van der Waals surface area contributed by atoms with Gasteiger partial charge in [-0.1, -0.05) is 52.3 Å². The van der Waals surface area contributed by atoms with E-state index in [1.165, 1.54) is 23.1 Å². The second kappa shape index (κ2) is 6.38. The van der Waals surface area contributed by atoms with E-state index in [0.717, 1.165) is 19.3 Å². The molecule has 18 heavy (non-hydrogen) atoms. The lowest BCUT2D eigenvalue weighted by Crippen LogP contribution is -2.26. The van der Waals surface area contributed by atoms with Crippen LogP contribution in [0.2, 0.25) is 0 Å². The van der Waals surface area contributed by atoms with Crippen molar-refractivity contribution < 1.29 is 5.11 Å². The highest BCUT2D eigenvalue weighted by atomic mass is 16.3. The van der Waals surface area contributed by atoms with Gasteiger partial charge in [-0.15, -0.1) is 0 Å². The standard InChI is InChI=1S/C17H28O/c1-6-7-14-8-9-15(13(2)12-14)10-11-16(18)17(3,4)5/h8-9,12,16,18H,6-7,10-11H2,1-5H3. The van der Waals surface area contributed by atoms with Gasteiger partial charge in [0.2, 0.25) is 0 Å². The summed E-state index contributed by atoms with van der Waals surface area (Å²) in [5.74, 6) is 0. The Balaban J connectivity index is 2.63. The van der Waals surface area contributed by atoms with Gasteiger partial charge in [-0.2, -0.15) is 0 Å². The first-order chi connectivity index (χ1) is 8.34. The molecule has 1 rings (SSSR count). The Labute approximate surface area is 112 Å². The van der Waals surface area contributed by atoms with Crippen LogP contribution >= 0.6 is 0 Å². The minimum Gasteiger partial charge on any atom is -0.393 e. The molecule has 0 heterocycles. The fourth-order valence-electron chi connectivity index (χ4n) is 2.21. The van der Waals surface area contributed by atoms with E-state index < -0.39 is 0 Å². The normalized spacial score (nSPS) is 13.7. The molecule has 0 fully saturated rings. The van der Waals surface area contributed by atoms with Crippen LogP contribution in [0.4, 0.5) is 0 Å². The van der Waals surface area contributed by atoms with Crippen molar-refractivity contribution in [3.8, 4) is 0 Å². The second-order valence-electron chi connectivity index (χ2n) is 6.43. The van der Waals surface area contributed by atoms with Gasteiger partial charge in [0.1, 0.15) is 0 Å². The van der Waals surface area contributed by atoms with Crippen LogP contribution in [0.5, 0.6) is 0 Å². The first kappa shape index (κ1) is 15.2. The van der Waals surface area contributed by atoms with Crippen LogP contribution in [0.15, 0.2) is 18.2 Å². The molecule has 0 radical (unpaired) electrons. The molecule has 1 aromatic carbocycles. The Morgan fingerprint density at radius 3 is 2.33 bits per heavy atom. The van der Waals surface area contributed by atoms with Crippen molar-refractivity contribution in [2.45, 2.75) is 66.4 Å². The number of hydrogen-bond donors (Lipinski definition) is 1.